The van der Waals surface area contributed by atoms with E-state index >= 15 is 0 Å². The standard InChI is InChI=1S/C27H36N2O4/c1-20-7-11-23(12-8-20)27(31)29(15-22-9-10-22)18-25-17-28(13-14-32-25)16-24(30)19-33-26-6-4-3-5-21(26)2/h3-8,11-12,22,24-25,30H,9-10,13-19H2,1-2H3/t24-,25-/m0/s1. The van der Waals surface area contributed by atoms with Gasteiger partial charge in [-0.3, -0.25) is 9.69 Å². The number of carbonyl (C=O) groups excluding carboxylic acids is 1. The second-order valence-electron chi connectivity index (χ2n) is 9.50. The molecule has 1 heterocycles. The number of amides is 1. The number of carbonyl (C=O) groups is 1. The molecule has 2 atom stereocenters. The summed E-state index contributed by atoms with van der Waals surface area (Å²) < 4.78 is 11.8. The van der Waals surface area contributed by atoms with Crippen LogP contribution in [0.25, 0.3) is 0 Å². The van der Waals surface area contributed by atoms with E-state index in [2.05, 4.69) is 4.90 Å². The Bertz CT molecular complexity index is 913. The summed E-state index contributed by atoms with van der Waals surface area (Å²) in [4.78, 5) is 17.4. The summed E-state index contributed by atoms with van der Waals surface area (Å²) in [7, 11) is 0. The Morgan fingerprint density at radius 1 is 1.15 bits per heavy atom. The number of para-hydroxylation sites is 1. The number of nitrogens with zero attached hydrogens (tertiary/aromatic N) is 2. The van der Waals surface area contributed by atoms with Crippen LogP contribution in [-0.4, -0.2) is 79.0 Å². The molecule has 0 radical (unpaired) electrons. The van der Waals surface area contributed by atoms with Gasteiger partial charge in [0, 0.05) is 38.3 Å². The van der Waals surface area contributed by atoms with E-state index in [-0.39, 0.29) is 18.6 Å². The maximum atomic E-state index is 13.2. The van der Waals surface area contributed by atoms with Crippen molar-refractivity contribution >= 4 is 5.91 Å². The van der Waals surface area contributed by atoms with E-state index in [1.165, 1.54) is 12.8 Å². The van der Waals surface area contributed by atoms with E-state index in [1.807, 2.05) is 67.3 Å². The number of benzene rings is 2. The highest BCUT2D eigenvalue weighted by Crippen LogP contribution is 2.30. The third-order valence-electron chi connectivity index (χ3n) is 6.40. The monoisotopic (exact) mass is 452 g/mol. The maximum Gasteiger partial charge on any atom is 0.253 e. The van der Waals surface area contributed by atoms with E-state index < -0.39 is 6.10 Å². The van der Waals surface area contributed by atoms with Crippen LogP contribution >= 0.6 is 0 Å². The van der Waals surface area contributed by atoms with Crippen LogP contribution in [0, 0.1) is 19.8 Å². The maximum absolute atomic E-state index is 13.2. The molecule has 0 spiro atoms. The van der Waals surface area contributed by atoms with Gasteiger partial charge in [-0.1, -0.05) is 35.9 Å². The number of hydrogen-bond donors (Lipinski definition) is 1. The van der Waals surface area contributed by atoms with Crippen LogP contribution in [0.4, 0.5) is 0 Å². The Kier molecular flexibility index (Phi) is 8.02. The molecule has 1 aliphatic carbocycles. The van der Waals surface area contributed by atoms with Crippen molar-refractivity contribution in [1.29, 1.82) is 0 Å². The van der Waals surface area contributed by atoms with Crippen molar-refractivity contribution in [3.8, 4) is 5.75 Å². The highest BCUT2D eigenvalue weighted by molar-refractivity contribution is 5.94. The summed E-state index contributed by atoms with van der Waals surface area (Å²) >= 11 is 0. The minimum atomic E-state index is -0.583. The van der Waals surface area contributed by atoms with Crippen molar-refractivity contribution in [3.05, 3.63) is 65.2 Å². The summed E-state index contributed by atoms with van der Waals surface area (Å²) in [6, 6.07) is 15.6. The Balaban J connectivity index is 1.30. The van der Waals surface area contributed by atoms with Gasteiger partial charge in [0.2, 0.25) is 0 Å². The average molecular weight is 453 g/mol. The minimum absolute atomic E-state index is 0.0589. The number of ether oxygens (including phenoxy) is 2. The van der Waals surface area contributed by atoms with Gasteiger partial charge in [-0.25, -0.2) is 0 Å². The van der Waals surface area contributed by atoms with Gasteiger partial charge in [-0.15, -0.1) is 0 Å². The molecule has 2 aromatic carbocycles. The van der Waals surface area contributed by atoms with E-state index in [4.69, 9.17) is 9.47 Å². The predicted molar refractivity (Wildman–Crippen MR) is 129 cm³/mol. The van der Waals surface area contributed by atoms with Crippen LogP contribution < -0.4 is 4.74 Å². The molecule has 1 N–H and O–H groups in total. The van der Waals surface area contributed by atoms with Gasteiger partial charge in [0.1, 0.15) is 18.5 Å². The third kappa shape index (κ3) is 7.03. The summed E-state index contributed by atoms with van der Waals surface area (Å²) in [6.07, 6.45) is 1.75. The Morgan fingerprint density at radius 3 is 2.64 bits per heavy atom. The Labute approximate surface area is 197 Å². The second-order valence-corrected chi connectivity index (χ2v) is 9.50. The molecule has 2 aliphatic rings. The van der Waals surface area contributed by atoms with E-state index in [0.29, 0.717) is 32.2 Å². The molecule has 0 bridgehead atoms. The third-order valence-corrected chi connectivity index (χ3v) is 6.40. The molecule has 2 aromatic rings. The molecule has 33 heavy (non-hydrogen) atoms. The molecule has 0 unspecified atom stereocenters. The SMILES string of the molecule is Cc1ccc(C(=O)N(CC2CC2)C[C@@H]2CN(C[C@H](O)COc3ccccc3C)CCO2)cc1. The molecule has 1 amide bonds. The Morgan fingerprint density at radius 2 is 1.91 bits per heavy atom. The molecular weight excluding hydrogens is 416 g/mol. The molecular formula is C27H36N2O4. The normalized spacial score (nSPS) is 19.8. The molecule has 1 saturated carbocycles. The van der Waals surface area contributed by atoms with Crippen molar-refractivity contribution in [2.45, 2.75) is 38.9 Å². The zero-order valence-corrected chi connectivity index (χ0v) is 19.8. The van der Waals surface area contributed by atoms with Crippen LogP contribution in [0.2, 0.25) is 0 Å². The first-order chi connectivity index (χ1) is 16.0. The average Bonchev–Trinajstić information content (AvgIpc) is 3.63. The van der Waals surface area contributed by atoms with Gasteiger partial charge in [0.25, 0.3) is 5.91 Å². The lowest BCUT2D eigenvalue weighted by Gasteiger charge is -2.36. The topological polar surface area (TPSA) is 62.2 Å². The molecule has 4 rings (SSSR count). The molecule has 6 nitrogen and oxygen atoms in total. The number of rotatable bonds is 10. The number of aliphatic hydroxyl groups is 1. The molecule has 6 heteroatoms. The van der Waals surface area contributed by atoms with Crippen LogP contribution in [-0.2, 0) is 4.74 Å². The van der Waals surface area contributed by atoms with Crippen LogP contribution in [0.1, 0.15) is 34.3 Å². The summed E-state index contributed by atoms with van der Waals surface area (Å²) in [5.41, 5.74) is 2.94. The minimum Gasteiger partial charge on any atom is -0.491 e. The zero-order chi connectivity index (χ0) is 23.2. The number of aliphatic hydroxyl groups excluding tert-OH is 1. The van der Waals surface area contributed by atoms with E-state index in [0.717, 1.165) is 35.5 Å². The van der Waals surface area contributed by atoms with Gasteiger partial charge in [0.15, 0.2) is 0 Å². The quantitative estimate of drug-likeness (QED) is 0.599. The first kappa shape index (κ1) is 23.7. The zero-order valence-electron chi connectivity index (χ0n) is 19.8. The largest absolute Gasteiger partial charge is 0.491 e. The fraction of sp³-hybridized carbons (Fsp3) is 0.519. The number of morpholine rings is 1. The highest BCUT2D eigenvalue weighted by Gasteiger charge is 2.31. The smallest absolute Gasteiger partial charge is 0.253 e. The highest BCUT2D eigenvalue weighted by atomic mass is 16.5. The number of aryl methyl sites for hydroxylation is 2. The van der Waals surface area contributed by atoms with Gasteiger partial charge in [-0.2, -0.15) is 0 Å². The van der Waals surface area contributed by atoms with Crippen molar-refractivity contribution in [2.24, 2.45) is 5.92 Å². The van der Waals surface area contributed by atoms with Crippen LogP contribution in [0.5, 0.6) is 5.75 Å². The molecule has 178 valence electrons. The van der Waals surface area contributed by atoms with Crippen LogP contribution in [0.15, 0.2) is 48.5 Å². The lowest BCUT2D eigenvalue weighted by atomic mass is 10.1. The molecule has 0 aromatic heterocycles. The van der Waals surface area contributed by atoms with Crippen molar-refractivity contribution < 1.29 is 19.4 Å². The summed E-state index contributed by atoms with van der Waals surface area (Å²) in [5, 5.41) is 10.5. The van der Waals surface area contributed by atoms with Crippen LogP contribution in [0.3, 0.4) is 0 Å². The summed E-state index contributed by atoms with van der Waals surface area (Å²) in [6.45, 7) is 8.25. The molecule has 2 fully saturated rings. The van der Waals surface area contributed by atoms with Gasteiger partial charge >= 0.3 is 0 Å². The number of hydrogen-bond acceptors (Lipinski definition) is 5. The van der Waals surface area contributed by atoms with Crippen molar-refractivity contribution in [1.82, 2.24) is 9.80 Å². The van der Waals surface area contributed by atoms with Gasteiger partial charge < -0.3 is 19.5 Å². The first-order valence-electron chi connectivity index (χ1n) is 12.0. The van der Waals surface area contributed by atoms with Crippen molar-refractivity contribution in [3.63, 3.8) is 0 Å². The fourth-order valence-electron chi connectivity index (χ4n) is 4.29. The first-order valence-corrected chi connectivity index (χ1v) is 12.0. The lowest BCUT2D eigenvalue weighted by molar-refractivity contribution is -0.0538. The van der Waals surface area contributed by atoms with Gasteiger partial charge in [0.05, 0.1) is 12.7 Å². The van der Waals surface area contributed by atoms with Gasteiger partial charge in [-0.05, 0) is 56.4 Å². The van der Waals surface area contributed by atoms with E-state index in [9.17, 15) is 9.90 Å². The molecule has 1 aliphatic heterocycles. The summed E-state index contributed by atoms with van der Waals surface area (Å²) in [5.74, 6) is 1.50. The lowest BCUT2D eigenvalue weighted by Crippen LogP contribution is -2.51. The number of β-amino-alcohol motifs (C(OH)–C–C–N with tert-alkyl or cyclic N) is 1. The second kappa shape index (κ2) is 11.1. The van der Waals surface area contributed by atoms with E-state index in [1.54, 1.807) is 0 Å². The molecule has 1 saturated heterocycles. The fourth-order valence-corrected chi connectivity index (χ4v) is 4.29. The van der Waals surface area contributed by atoms with Crippen molar-refractivity contribution in [2.75, 3.05) is 45.9 Å². The predicted octanol–water partition coefficient (Wildman–Crippen LogP) is 3.30. The Hall–Kier alpha value is -2.41.